The molecule has 4 rings (SSSR count). The number of piperidine rings is 1. The first-order valence-electron chi connectivity index (χ1n) is 10.0. The van der Waals surface area contributed by atoms with Crippen LogP contribution in [0.25, 0.3) is 10.9 Å². The molecule has 0 amide bonds. The van der Waals surface area contributed by atoms with E-state index in [0.717, 1.165) is 41.1 Å². The Labute approximate surface area is 176 Å². The predicted molar refractivity (Wildman–Crippen MR) is 120 cm³/mol. The van der Waals surface area contributed by atoms with Crippen molar-refractivity contribution >= 4 is 39.6 Å². The Bertz CT molecular complexity index is 1040. The van der Waals surface area contributed by atoms with Crippen molar-refractivity contribution < 1.29 is 0 Å². The summed E-state index contributed by atoms with van der Waals surface area (Å²) in [6.45, 7) is 4.26. The number of hydrogen-bond acceptors (Lipinski definition) is 5. The van der Waals surface area contributed by atoms with Crippen molar-refractivity contribution in [2.75, 3.05) is 36.8 Å². The van der Waals surface area contributed by atoms with Crippen molar-refractivity contribution in [1.29, 1.82) is 5.26 Å². The van der Waals surface area contributed by atoms with Crippen LogP contribution < -0.4 is 10.6 Å². The van der Waals surface area contributed by atoms with Crippen LogP contribution in [-0.2, 0) is 0 Å². The molecule has 2 heterocycles. The number of aromatic nitrogens is 1. The highest BCUT2D eigenvalue weighted by atomic mass is 35.5. The highest BCUT2D eigenvalue weighted by molar-refractivity contribution is 6.31. The summed E-state index contributed by atoms with van der Waals surface area (Å²) in [7, 11) is 0. The minimum absolute atomic E-state index is 0.622. The first-order chi connectivity index (χ1) is 14.2. The SMILES string of the molecule is N#Cc1cc(NCCN2CCCCC2)cc(Nc2ccnc3cc(Cl)ccc23)c1. The minimum Gasteiger partial charge on any atom is -0.384 e. The van der Waals surface area contributed by atoms with Crippen molar-refractivity contribution in [3.05, 3.63) is 59.2 Å². The number of fused-ring (bicyclic) bond motifs is 1. The van der Waals surface area contributed by atoms with Gasteiger partial charge >= 0.3 is 0 Å². The fourth-order valence-corrected chi connectivity index (χ4v) is 3.96. The van der Waals surface area contributed by atoms with Crippen molar-refractivity contribution in [3.8, 4) is 6.07 Å². The molecule has 0 spiro atoms. The standard InChI is InChI=1S/C23H24ClN5/c24-18-4-5-21-22(6-7-27-23(21)14-18)28-20-13-17(16-25)12-19(15-20)26-8-11-29-9-2-1-3-10-29/h4-7,12-15,26H,1-3,8-11H2,(H,27,28). The van der Waals surface area contributed by atoms with E-state index in [1.54, 1.807) is 6.20 Å². The van der Waals surface area contributed by atoms with Gasteiger partial charge in [-0.1, -0.05) is 18.0 Å². The molecule has 1 aliphatic rings. The number of halogens is 1. The molecule has 1 saturated heterocycles. The number of rotatable bonds is 6. The molecular weight excluding hydrogens is 382 g/mol. The van der Waals surface area contributed by atoms with E-state index in [1.807, 2.05) is 42.5 Å². The minimum atomic E-state index is 0.622. The van der Waals surface area contributed by atoms with E-state index in [9.17, 15) is 5.26 Å². The fraction of sp³-hybridized carbons (Fsp3) is 0.304. The van der Waals surface area contributed by atoms with Crippen molar-refractivity contribution in [2.24, 2.45) is 0 Å². The smallest absolute Gasteiger partial charge is 0.0993 e. The van der Waals surface area contributed by atoms with E-state index in [-0.39, 0.29) is 0 Å². The van der Waals surface area contributed by atoms with Gasteiger partial charge in [0.25, 0.3) is 0 Å². The summed E-state index contributed by atoms with van der Waals surface area (Å²) in [4.78, 5) is 6.88. The van der Waals surface area contributed by atoms with Crippen LogP contribution in [0.4, 0.5) is 17.1 Å². The average molecular weight is 406 g/mol. The Hall–Kier alpha value is -2.81. The highest BCUT2D eigenvalue weighted by Crippen LogP contribution is 2.28. The highest BCUT2D eigenvalue weighted by Gasteiger charge is 2.10. The molecular formula is C23H24ClN5. The second-order valence-electron chi connectivity index (χ2n) is 7.38. The van der Waals surface area contributed by atoms with Gasteiger partial charge in [0, 0.05) is 46.8 Å². The zero-order valence-electron chi connectivity index (χ0n) is 16.3. The Morgan fingerprint density at radius 3 is 2.69 bits per heavy atom. The van der Waals surface area contributed by atoms with Gasteiger partial charge in [-0.15, -0.1) is 0 Å². The number of nitrogens with one attached hydrogen (secondary N) is 2. The summed E-state index contributed by atoms with van der Waals surface area (Å²) in [6.07, 6.45) is 5.69. The third kappa shape index (κ3) is 4.97. The third-order valence-electron chi connectivity index (χ3n) is 5.25. The lowest BCUT2D eigenvalue weighted by atomic mass is 10.1. The monoisotopic (exact) mass is 405 g/mol. The molecule has 0 saturated carbocycles. The maximum Gasteiger partial charge on any atom is 0.0993 e. The molecule has 5 nitrogen and oxygen atoms in total. The first kappa shape index (κ1) is 19.5. The normalized spacial score (nSPS) is 14.5. The van der Waals surface area contributed by atoms with Crippen LogP contribution in [0.2, 0.25) is 5.02 Å². The van der Waals surface area contributed by atoms with Gasteiger partial charge in [-0.25, -0.2) is 0 Å². The number of pyridine rings is 1. The number of benzene rings is 2. The van der Waals surface area contributed by atoms with E-state index in [2.05, 4.69) is 26.6 Å². The summed E-state index contributed by atoms with van der Waals surface area (Å²) in [6, 6.07) is 15.6. The molecule has 148 valence electrons. The van der Waals surface area contributed by atoms with Gasteiger partial charge in [0.2, 0.25) is 0 Å². The Balaban J connectivity index is 1.50. The Morgan fingerprint density at radius 1 is 1.03 bits per heavy atom. The second kappa shape index (κ2) is 9.13. The number of nitriles is 1. The Kier molecular flexibility index (Phi) is 6.14. The maximum absolute atomic E-state index is 9.45. The van der Waals surface area contributed by atoms with Gasteiger partial charge in [-0.3, -0.25) is 4.98 Å². The van der Waals surface area contributed by atoms with Gasteiger partial charge in [0.15, 0.2) is 0 Å². The lowest BCUT2D eigenvalue weighted by molar-refractivity contribution is 0.237. The fourth-order valence-electron chi connectivity index (χ4n) is 3.79. The van der Waals surface area contributed by atoms with Crippen LogP contribution in [0.5, 0.6) is 0 Å². The molecule has 0 aliphatic carbocycles. The van der Waals surface area contributed by atoms with Crippen LogP contribution >= 0.6 is 11.6 Å². The molecule has 0 unspecified atom stereocenters. The van der Waals surface area contributed by atoms with Crippen LogP contribution in [-0.4, -0.2) is 36.1 Å². The average Bonchev–Trinajstić information content (AvgIpc) is 2.74. The maximum atomic E-state index is 9.45. The zero-order valence-corrected chi connectivity index (χ0v) is 17.0. The van der Waals surface area contributed by atoms with Crippen molar-refractivity contribution in [1.82, 2.24) is 9.88 Å². The largest absolute Gasteiger partial charge is 0.384 e. The molecule has 1 aliphatic heterocycles. The lowest BCUT2D eigenvalue weighted by Gasteiger charge is -2.26. The van der Waals surface area contributed by atoms with E-state index < -0.39 is 0 Å². The molecule has 0 atom stereocenters. The van der Waals surface area contributed by atoms with E-state index in [1.165, 1.54) is 32.4 Å². The predicted octanol–water partition coefficient (Wildman–Crippen LogP) is 5.40. The van der Waals surface area contributed by atoms with E-state index in [0.29, 0.717) is 10.6 Å². The molecule has 3 aromatic rings. The van der Waals surface area contributed by atoms with Crippen LogP contribution in [0.3, 0.4) is 0 Å². The molecule has 1 fully saturated rings. The third-order valence-corrected chi connectivity index (χ3v) is 5.49. The van der Waals surface area contributed by atoms with Crippen molar-refractivity contribution in [3.63, 3.8) is 0 Å². The number of likely N-dealkylation sites (tertiary alicyclic amines) is 1. The molecule has 29 heavy (non-hydrogen) atoms. The number of anilines is 3. The van der Waals surface area contributed by atoms with Gasteiger partial charge in [-0.2, -0.15) is 5.26 Å². The van der Waals surface area contributed by atoms with Gasteiger partial charge < -0.3 is 15.5 Å². The quantitative estimate of drug-likeness (QED) is 0.574. The number of nitrogens with zero attached hydrogens (tertiary/aromatic N) is 3. The van der Waals surface area contributed by atoms with Crippen LogP contribution in [0.1, 0.15) is 24.8 Å². The van der Waals surface area contributed by atoms with Gasteiger partial charge in [-0.05, 0) is 68.4 Å². The lowest BCUT2D eigenvalue weighted by Crippen LogP contribution is -2.33. The van der Waals surface area contributed by atoms with E-state index in [4.69, 9.17) is 11.6 Å². The topological polar surface area (TPSA) is 64.0 Å². The van der Waals surface area contributed by atoms with Gasteiger partial charge in [0.1, 0.15) is 0 Å². The summed E-state index contributed by atoms with van der Waals surface area (Å²) < 4.78 is 0. The summed E-state index contributed by atoms with van der Waals surface area (Å²) in [5, 5.41) is 18.0. The van der Waals surface area contributed by atoms with Gasteiger partial charge in [0.05, 0.1) is 17.1 Å². The Morgan fingerprint density at radius 2 is 1.86 bits per heavy atom. The zero-order chi connectivity index (χ0) is 20.1. The summed E-state index contributed by atoms with van der Waals surface area (Å²) in [5.74, 6) is 0. The molecule has 1 aromatic heterocycles. The first-order valence-corrected chi connectivity index (χ1v) is 10.4. The molecule has 0 bridgehead atoms. The number of hydrogen-bond donors (Lipinski definition) is 2. The van der Waals surface area contributed by atoms with Crippen LogP contribution in [0, 0.1) is 11.3 Å². The van der Waals surface area contributed by atoms with Crippen molar-refractivity contribution in [2.45, 2.75) is 19.3 Å². The molecule has 0 radical (unpaired) electrons. The molecule has 6 heteroatoms. The van der Waals surface area contributed by atoms with Crippen LogP contribution in [0.15, 0.2) is 48.7 Å². The van der Waals surface area contributed by atoms with E-state index >= 15 is 0 Å². The second-order valence-corrected chi connectivity index (χ2v) is 7.82. The molecule has 2 aromatic carbocycles. The molecule has 2 N–H and O–H groups in total. The summed E-state index contributed by atoms with van der Waals surface area (Å²) >= 11 is 6.09. The summed E-state index contributed by atoms with van der Waals surface area (Å²) in [5.41, 5.74) is 4.20.